The predicted octanol–water partition coefficient (Wildman–Crippen LogP) is 0.528. The minimum absolute atomic E-state index is 0.132. The van der Waals surface area contributed by atoms with Crippen LogP contribution >= 0.6 is 0 Å². The Morgan fingerprint density at radius 3 is 2.80 bits per heavy atom. The Hall–Kier alpha value is -0.570. The lowest BCUT2D eigenvalue weighted by molar-refractivity contribution is 0.266. The zero-order valence-corrected chi connectivity index (χ0v) is 10.1. The van der Waals surface area contributed by atoms with E-state index in [1.807, 2.05) is 0 Å². The van der Waals surface area contributed by atoms with E-state index in [1.165, 1.54) is 15.7 Å². The second-order valence-electron chi connectivity index (χ2n) is 4.07. The first-order chi connectivity index (χ1) is 6.98. The molecule has 1 unspecified atom stereocenters. The quantitative estimate of drug-likeness (QED) is 0.664. The van der Waals surface area contributed by atoms with Gasteiger partial charge in [0.15, 0.2) is 0 Å². The van der Waals surface area contributed by atoms with E-state index in [2.05, 4.69) is 12.8 Å². The van der Waals surface area contributed by atoms with E-state index in [1.54, 1.807) is 0 Å². The van der Waals surface area contributed by atoms with Crippen LogP contribution in [0.15, 0.2) is 0 Å². The van der Waals surface area contributed by atoms with Crippen molar-refractivity contribution in [2.24, 2.45) is 5.92 Å². The van der Waals surface area contributed by atoms with E-state index in [-0.39, 0.29) is 6.54 Å². The van der Waals surface area contributed by atoms with E-state index >= 15 is 0 Å². The summed E-state index contributed by atoms with van der Waals surface area (Å²) in [6, 6.07) is 0. The lowest BCUT2D eigenvalue weighted by atomic mass is 10.0. The zero-order chi connectivity index (χ0) is 11.5. The molecule has 1 aliphatic heterocycles. The van der Waals surface area contributed by atoms with Gasteiger partial charge in [0.1, 0.15) is 0 Å². The summed E-state index contributed by atoms with van der Waals surface area (Å²) in [5.74, 6) is 2.78. The molecule has 1 rings (SSSR count). The van der Waals surface area contributed by atoms with Gasteiger partial charge in [-0.3, -0.25) is 0 Å². The summed E-state index contributed by atoms with van der Waals surface area (Å²) in [6.45, 7) is 3.43. The van der Waals surface area contributed by atoms with Gasteiger partial charge in [0.25, 0.3) is 10.2 Å². The Balaban J connectivity index is 2.73. The monoisotopic (exact) mass is 230 g/mol. The smallest absolute Gasteiger partial charge is 0.195 e. The highest BCUT2D eigenvalue weighted by Gasteiger charge is 2.29. The summed E-state index contributed by atoms with van der Waals surface area (Å²) in [7, 11) is -1.81. The topological polar surface area (TPSA) is 40.6 Å². The van der Waals surface area contributed by atoms with Crippen molar-refractivity contribution in [3.8, 4) is 12.3 Å². The molecule has 0 spiro atoms. The first-order valence-corrected chi connectivity index (χ1v) is 6.53. The fraction of sp³-hybridized carbons (Fsp3) is 0.800. The van der Waals surface area contributed by atoms with Gasteiger partial charge in [-0.05, 0) is 18.8 Å². The molecule has 1 atom stereocenters. The van der Waals surface area contributed by atoms with Crippen LogP contribution in [0.4, 0.5) is 0 Å². The summed E-state index contributed by atoms with van der Waals surface area (Å²) in [5, 5.41) is 0. The van der Waals surface area contributed by atoms with Crippen LogP contribution in [-0.2, 0) is 10.2 Å². The van der Waals surface area contributed by atoms with E-state index in [9.17, 15) is 8.42 Å². The molecule has 0 saturated carbocycles. The van der Waals surface area contributed by atoms with Gasteiger partial charge in [0.05, 0.1) is 6.54 Å². The SMILES string of the molecule is C#CCN(C)S(=O)(=O)N1CCCC(C)C1. The van der Waals surface area contributed by atoms with Crippen molar-refractivity contribution in [1.29, 1.82) is 0 Å². The van der Waals surface area contributed by atoms with Crippen molar-refractivity contribution >= 4 is 10.2 Å². The number of piperidine rings is 1. The molecule has 5 heteroatoms. The Morgan fingerprint density at radius 2 is 2.27 bits per heavy atom. The van der Waals surface area contributed by atoms with E-state index < -0.39 is 10.2 Å². The van der Waals surface area contributed by atoms with Crippen molar-refractivity contribution in [3.63, 3.8) is 0 Å². The van der Waals surface area contributed by atoms with Gasteiger partial charge in [-0.25, -0.2) is 0 Å². The third-order valence-electron chi connectivity index (χ3n) is 2.65. The largest absolute Gasteiger partial charge is 0.282 e. The lowest BCUT2D eigenvalue weighted by Gasteiger charge is -2.32. The first kappa shape index (κ1) is 12.5. The second-order valence-corrected chi connectivity index (χ2v) is 6.11. The van der Waals surface area contributed by atoms with Crippen LogP contribution in [0, 0.1) is 18.3 Å². The highest BCUT2D eigenvalue weighted by Crippen LogP contribution is 2.19. The minimum atomic E-state index is -3.33. The molecule has 0 aromatic carbocycles. The van der Waals surface area contributed by atoms with Gasteiger partial charge in [-0.1, -0.05) is 12.8 Å². The van der Waals surface area contributed by atoms with E-state index in [0.29, 0.717) is 19.0 Å². The van der Waals surface area contributed by atoms with Gasteiger partial charge in [-0.2, -0.15) is 17.0 Å². The van der Waals surface area contributed by atoms with Crippen molar-refractivity contribution < 1.29 is 8.42 Å². The Bertz CT molecular complexity index is 345. The number of hydrogen-bond acceptors (Lipinski definition) is 2. The molecule has 15 heavy (non-hydrogen) atoms. The summed E-state index contributed by atoms with van der Waals surface area (Å²) in [6.07, 6.45) is 7.15. The molecule has 0 aromatic heterocycles. The number of terminal acetylenes is 1. The molecule has 0 radical (unpaired) electrons. The zero-order valence-electron chi connectivity index (χ0n) is 9.31. The maximum Gasteiger partial charge on any atom is 0.282 e. The van der Waals surface area contributed by atoms with Crippen LogP contribution < -0.4 is 0 Å². The highest BCUT2D eigenvalue weighted by molar-refractivity contribution is 7.86. The maximum absolute atomic E-state index is 12.0. The molecule has 0 amide bonds. The third-order valence-corrected chi connectivity index (χ3v) is 4.55. The Kier molecular flexibility index (Phi) is 4.14. The molecule has 0 bridgehead atoms. The van der Waals surface area contributed by atoms with Crippen LogP contribution in [0.1, 0.15) is 19.8 Å². The van der Waals surface area contributed by atoms with Crippen molar-refractivity contribution in [1.82, 2.24) is 8.61 Å². The van der Waals surface area contributed by atoms with Crippen LogP contribution in [0.2, 0.25) is 0 Å². The molecule has 1 aliphatic rings. The summed E-state index contributed by atoms with van der Waals surface area (Å²) in [4.78, 5) is 0. The molecule has 1 fully saturated rings. The summed E-state index contributed by atoms with van der Waals surface area (Å²) < 4.78 is 26.7. The molecule has 86 valence electrons. The van der Waals surface area contributed by atoms with Crippen molar-refractivity contribution in [2.75, 3.05) is 26.7 Å². The van der Waals surface area contributed by atoms with Crippen molar-refractivity contribution in [3.05, 3.63) is 0 Å². The number of rotatable bonds is 3. The van der Waals surface area contributed by atoms with Gasteiger partial charge >= 0.3 is 0 Å². The molecule has 1 heterocycles. The number of hydrogen-bond donors (Lipinski definition) is 0. The van der Waals surface area contributed by atoms with Crippen LogP contribution in [-0.4, -0.2) is 43.7 Å². The molecule has 0 aromatic rings. The lowest BCUT2D eigenvalue weighted by Crippen LogP contribution is -2.46. The molecule has 4 nitrogen and oxygen atoms in total. The second kappa shape index (κ2) is 4.97. The molecular weight excluding hydrogens is 212 g/mol. The first-order valence-electron chi connectivity index (χ1n) is 5.13. The van der Waals surface area contributed by atoms with Crippen LogP contribution in [0.25, 0.3) is 0 Å². The van der Waals surface area contributed by atoms with Gasteiger partial charge < -0.3 is 0 Å². The third kappa shape index (κ3) is 2.94. The minimum Gasteiger partial charge on any atom is -0.195 e. The average molecular weight is 230 g/mol. The van der Waals surface area contributed by atoms with Gasteiger partial charge in [0.2, 0.25) is 0 Å². The Labute approximate surface area is 92.4 Å². The van der Waals surface area contributed by atoms with Gasteiger partial charge in [0, 0.05) is 20.1 Å². The standard InChI is InChI=1S/C10H18N2O2S/c1-4-7-11(3)15(13,14)12-8-5-6-10(2)9-12/h1,10H,5-9H2,2-3H3. The molecular formula is C10H18N2O2S. The van der Waals surface area contributed by atoms with E-state index in [4.69, 9.17) is 6.42 Å². The summed E-state index contributed by atoms with van der Waals surface area (Å²) >= 11 is 0. The maximum atomic E-state index is 12.0. The highest BCUT2D eigenvalue weighted by atomic mass is 32.2. The molecule has 0 N–H and O–H groups in total. The normalized spacial score (nSPS) is 24.0. The Morgan fingerprint density at radius 1 is 1.60 bits per heavy atom. The summed E-state index contributed by atoms with van der Waals surface area (Å²) in [5.41, 5.74) is 0. The fourth-order valence-electron chi connectivity index (χ4n) is 1.76. The average Bonchev–Trinajstić information content (AvgIpc) is 2.18. The molecule has 0 aliphatic carbocycles. The van der Waals surface area contributed by atoms with Crippen LogP contribution in [0.5, 0.6) is 0 Å². The van der Waals surface area contributed by atoms with Crippen molar-refractivity contribution in [2.45, 2.75) is 19.8 Å². The van der Waals surface area contributed by atoms with Crippen LogP contribution in [0.3, 0.4) is 0 Å². The predicted molar refractivity (Wildman–Crippen MR) is 60.4 cm³/mol. The fourth-order valence-corrected chi connectivity index (χ4v) is 3.20. The molecule has 1 saturated heterocycles. The van der Waals surface area contributed by atoms with E-state index in [0.717, 1.165) is 12.8 Å². The van der Waals surface area contributed by atoms with Gasteiger partial charge in [-0.15, -0.1) is 6.42 Å². The number of nitrogens with zero attached hydrogens (tertiary/aromatic N) is 2.